The quantitative estimate of drug-likeness (QED) is 0.834. The van der Waals surface area contributed by atoms with Crippen molar-refractivity contribution in [1.82, 2.24) is 4.98 Å². The Morgan fingerprint density at radius 3 is 3.00 bits per heavy atom. The number of carboxylic acid groups (broad SMARTS) is 1. The van der Waals surface area contributed by atoms with Gasteiger partial charge in [0.05, 0.1) is 6.61 Å². The van der Waals surface area contributed by atoms with Crippen LogP contribution in [0, 0.1) is 0 Å². The Kier molecular flexibility index (Phi) is 3.58. The van der Waals surface area contributed by atoms with E-state index in [4.69, 9.17) is 21.4 Å². The molecule has 0 aliphatic carbocycles. The van der Waals surface area contributed by atoms with Crippen molar-refractivity contribution in [3.8, 4) is 5.75 Å². The molecule has 2 rings (SSSR count). The number of ether oxygens (including phenoxy) is 1. The van der Waals surface area contributed by atoms with E-state index in [9.17, 15) is 4.79 Å². The Hall–Kier alpha value is -1.94. The number of carbonyl (C=O) groups is 1. The van der Waals surface area contributed by atoms with Gasteiger partial charge in [-0.15, -0.1) is 0 Å². The fraction of sp³-hybridized carbons (Fsp3) is 0.154. The Morgan fingerprint density at radius 1 is 1.56 bits per heavy atom. The van der Waals surface area contributed by atoms with Gasteiger partial charge in [-0.25, -0.2) is 4.79 Å². The highest BCUT2D eigenvalue weighted by Gasteiger charge is 2.08. The largest absolute Gasteiger partial charge is 0.494 e. The van der Waals surface area contributed by atoms with Crippen LogP contribution in [0.4, 0.5) is 0 Å². The van der Waals surface area contributed by atoms with Gasteiger partial charge in [0.25, 0.3) is 0 Å². The molecule has 0 bridgehead atoms. The van der Waals surface area contributed by atoms with Gasteiger partial charge < -0.3 is 14.8 Å². The molecule has 2 N–H and O–H groups in total. The SMILES string of the molecule is CCOc1ccc2[nH]c(Cl)c(/C=C/C(=O)O)c2c1. The smallest absolute Gasteiger partial charge is 0.328 e. The van der Waals surface area contributed by atoms with Gasteiger partial charge in [-0.1, -0.05) is 11.6 Å². The molecule has 0 radical (unpaired) electrons. The summed E-state index contributed by atoms with van der Waals surface area (Å²) in [5.74, 6) is -0.285. The summed E-state index contributed by atoms with van der Waals surface area (Å²) in [6.45, 7) is 2.48. The molecule has 0 fully saturated rings. The third-order valence-corrected chi connectivity index (χ3v) is 2.76. The first-order chi connectivity index (χ1) is 8.61. The zero-order chi connectivity index (χ0) is 13.1. The molecule has 0 saturated carbocycles. The van der Waals surface area contributed by atoms with E-state index in [-0.39, 0.29) is 0 Å². The first-order valence-corrected chi connectivity index (χ1v) is 5.84. The molecule has 0 saturated heterocycles. The van der Waals surface area contributed by atoms with E-state index < -0.39 is 5.97 Å². The van der Waals surface area contributed by atoms with Crippen LogP contribution in [-0.2, 0) is 4.79 Å². The zero-order valence-electron chi connectivity index (χ0n) is 9.74. The standard InChI is InChI=1S/C13H12ClNO3/c1-2-18-8-3-5-11-10(7-8)9(13(14)15-11)4-6-12(16)17/h3-7,15H,2H2,1H3,(H,16,17)/b6-4+. The van der Waals surface area contributed by atoms with Crippen LogP contribution in [-0.4, -0.2) is 22.7 Å². The first-order valence-electron chi connectivity index (χ1n) is 5.47. The second-order valence-corrected chi connectivity index (χ2v) is 4.04. The topological polar surface area (TPSA) is 62.3 Å². The summed E-state index contributed by atoms with van der Waals surface area (Å²) in [6.07, 6.45) is 2.53. The van der Waals surface area contributed by atoms with Crippen molar-refractivity contribution >= 4 is 34.5 Å². The lowest BCUT2D eigenvalue weighted by Gasteiger charge is -2.02. The number of benzene rings is 1. The summed E-state index contributed by atoms with van der Waals surface area (Å²) >= 11 is 6.04. The number of aromatic amines is 1. The summed E-state index contributed by atoms with van der Waals surface area (Å²) < 4.78 is 5.41. The number of hydrogen-bond donors (Lipinski definition) is 2. The third kappa shape index (κ3) is 2.49. The molecule has 0 atom stereocenters. The monoisotopic (exact) mass is 265 g/mol. The lowest BCUT2D eigenvalue weighted by molar-refractivity contribution is -0.131. The number of nitrogens with one attached hydrogen (secondary N) is 1. The first kappa shape index (κ1) is 12.5. The maximum absolute atomic E-state index is 10.5. The molecule has 1 aromatic carbocycles. The normalized spacial score (nSPS) is 11.2. The van der Waals surface area contributed by atoms with Crippen molar-refractivity contribution in [3.63, 3.8) is 0 Å². The van der Waals surface area contributed by atoms with E-state index in [1.54, 1.807) is 0 Å². The maximum atomic E-state index is 10.5. The summed E-state index contributed by atoms with van der Waals surface area (Å²) in [4.78, 5) is 13.5. The Labute approximate surface area is 109 Å². The second-order valence-electron chi connectivity index (χ2n) is 3.66. The summed E-state index contributed by atoms with van der Waals surface area (Å²) in [7, 11) is 0. The predicted octanol–water partition coefficient (Wildman–Crippen LogP) is 3.32. The fourth-order valence-electron chi connectivity index (χ4n) is 1.73. The molecule has 0 aliphatic heterocycles. The molecule has 0 unspecified atom stereocenters. The van der Waals surface area contributed by atoms with Crippen LogP contribution in [0.5, 0.6) is 5.75 Å². The molecule has 0 spiro atoms. The average Bonchev–Trinajstić information content (AvgIpc) is 2.62. The fourth-order valence-corrected chi connectivity index (χ4v) is 2.00. The van der Waals surface area contributed by atoms with Crippen LogP contribution in [0.2, 0.25) is 5.15 Å². The van der Waals surface area contributed by atoms with Gasteiger partial charge in [-0.3, -0.25) is 0 Å². The summed E-state index contributed by atoms with van der Waals surface area (Å²) in [6, 6.07) is 5.52. The minimum atomic E-state index is -1.01. The van der Waals surface area contributed by atoms with Crippen molar-refractivity contribution in [3.05, 3.63) is 35.0 Å². The van der Waals surface area contributed by atoms with Gasteiger partial charge in [0.15, 0.2) is 0 Å². The number of halogens is 1. The highest BCUT2D eigenvalue weighted by molar-refractivity contribution is 6.32. The van der Waals surface area contributed by atoms with Crippen molar-refractivity contribution < 1.29 is 14.6 Å². The lowest BCUT2D eigenvalue weighted by atomic mass is 10.1. The molecule has 0 aliphatic rings. The van der Waals surface area contributed by atoms with Gasteiger partial charge in [0.2, 0.25) is 0 Å². The minimum Gasteiger partial charge on any atom is -0.494 e. The molecule has 0 amide bonds. The van der Waals surface area contributed by atoms with Gasteiger partial charge in [0, 0.05) is 22.5 Å². The molecular weight excluding hydrogens is 254 g/mol. The number of aliphatic carboxylic acids is 1. The van der Waals surface area contributed by atoms with Crippen molar-refractivity contribution in [2.45, 2.75) is 6.92 Å². The van der Waals surface area contributed by atoms with E-state index >= 15 is 0 Å². The van der Waals surface area contributed by atoms with Crippen molar-refractivity contribution in [2.24, 2.45) is 0 Å². The van der Waals surface area contributed by atoms with Crippen LogP contribution >= 0.6 is 11.6 Å². The van der Waals surface area contributed by atoms with Gasteiger partial charge in [-0.05, 0) is 31.2 Å². The number of fused-ring (bicyclic) bond motifs is 1. The van der Waals surface area contributed by atoms with Crippen LogP contribution in [0.3, 0.4) is 0 Å². The van der Waals surface area contributed by atoms with Crippen LogP contribution in [0.15, 0.2) is 24.3 Å². The zero-order valence-corrected chi connectivity index (χ0v) is 10.5. The van der Waals surface area contributed by atoms with Gasteiger partial charge >= 0.3 is 5.97 Å². The molecule has 94 valence electrons. The Balaban J connectivity index is 2.53. The predicted molar refractivity (Wildman–Crippen MR) is 71.1 cm³/mol. The van der Waals surface area contributed by atoms with Crippen LogP contribution in [0.1, 0.15) is 12.5 Å². The number of H-pyrrole nitrogens is 1. The molecule has 4 nitrogen and oxygen atoms in total. The van der Waals surface area contributed by atoms with E-state index in [1.807, 2.05) is 25.1 Å². The molecule has 2 aromatic rings. The number of hydrogen-bond acceptors (Lipinski definition) is 2. The maximum Gasteiger partial charge on any atom is 0.328 e. The average molecular weight is 266 g/mol. The molecule has 18 heavy (non-hydrogen) atoms. The summed E-state index contributed by atoms with van der Waals surface area (Å²) in [5, 5.41) is 9.90. The van der Waals surface area contributed by atoms with E-state index in [2.05, 4.69) is 4.98 Å². The Morgan fingerprint density at radius 2 is 2.33 bits per heavy atom. The van der Waals surface area contributed by atoms with E-state index in [0.29, 0.717) is 17.3 Å². The summed E-state index contributed by atoms with van der Waals surface area (Å²) in [5.41, 5.74) is 1.49. The number of rotatable bonds is 4. The van der Waals surface area contributed by atoms with Crippen LogP contribution in [0.25, 0.3) is 17.0 Å². The highest BCUT2D eigenvalue weighted by atomic mass is 35.5. The Bertz CT molecular complexity index is 616. The number of aromatic nitrogens is 1. The van der Waals surface area contributed by atoms with Crippen LogP contribution < -0.4 is 4.74 Å². The molecule has 1 aromatic heterocycles. The van der Waals surface area contributed by atoms with E-state index in [0.717, 1.165) is 22.7 Å². The van der Waals surface area contributed by atoms with Gasteiger partial charge in [-0.2, -0.15) is 0 Å². The lowest BCUT2D eigenvalue weighted by Crippen LogP contribution is -1.90. The third-order valence-electron chi connectivity index (χ3n) is 2.47. The second kappa shape index (κ2) is 5.14. The molecule has 5 heteroatoms. The minimum absolute atomic E-state index is 0.413. The van der Waals surface area contributed by atoms with Crippen molar-refractivity contribution in [1.29, 1.82) is 0 Å². The molecular formula is C13H12ClNO3. The highest BCUT2D eigenvalue weighted by Crippen LogP contribution is 2.30. The van der Waals surface area contributed by atoms with Gasteiger partial charge in [0.1, 0.15) is 10.9 Å². The van der Waals surface area contributed by atoms with E-state index in [1.165, 1.54) is 6.08 Å². The van der Waals surface area contributed by atoms with Crippen molar-refractivity contribution in [2.75, 3.05) is 6.61 Å². The molecule has 1 heterocycles. The number of carboxylic acids is 1.